The van der Waals surface area contributed by atoms with E-state index in [9.17, 15) is 18.0 Å². The van der Waals surface area contributed by atoms with Crippen molar-refractivity contribution in [3.8, 4) is 0 Å². The molecule has 12 heteroatoms. The maximum Gasteiger partial charge on any atom is 0.418 e. The van der Waals surface area contributed by atoms with Gasteiger partial charge in [0.2, 0.25) is 0 Å². The van der Waals surface area contributed by atoms with Crippen LogP contribution in [0, 0.1) is 5.41 Å². The first-order valence-electron chi connectivity index (χ1n) is 8.01. The summed E-state index contributed by atoms with van der Waals surface area (Å²) in [6.45, 7) is 5.17. The molecule has 3 atom stereocenters. The van der Waals surface area contributed by atoms with Gasteiger partial charge in [0.15, 0.2) is 0 Å². The number of carbonyl (C=O) groups excluding carboxylic acids is 2. The number of hydroxylamine groups is 3. The Morgan fingerprint density at radius 2 is 2.16 bits per heavy atom. The summed E-state index contributed by atoms with van der Waals surface area (Å²) in [6, 6.07) is -2.20. The van der Waals surface area contributed by atoms with E-state index in [1.54, 1.807) is 13.8 Å². The first-order valence-corrected chi connectivity index (χ1v) is 9.38. The number of hydrogen-bond acceptors (Lipinski definition) is 7. The quantitative estimate of drug-likeness (QED) is 0.411. The molecule has 3 aliphatic rings. The van der Waals surface area contributed by atoms with Gasteiger partial charge in [-0.3, -0.25) is 14.2 Å². The molecule has 0 radical (unpaired) electrons. The van der Waals surface area contributed by atoms with Crippen LogP contribution in [-0.4, -0.2) is 72.7 Å². The molecule has 25 heavy (non-hydrogen) atoms. The number of hydrogen-bond donors (Lipinski definition) is 3. The van der Waals surface area contributed by atoms with Gasteiger partial charge in [0.25, 0.3) is 5.91 Å². The highest BCUT2D eigenvalue weighted by Crippen LogP contribution is 2.42. The zero-order valence-electron chi connectivity index (χ0n) is 14.0. The molecular formula is C13H22N4O7S. The number of nitrogens with one attached hydrogen (secondary N) is 2. The molecule has 142 valence electrons. The Morgan fingerprint density at radius 3 is 2.76 bits per heavy atom. The molecule has 3 rings (SSSR count). The number of urea groups is 1. The summed E-state index contributed by atoms with van der Waals surface area (Å²) in [7, 11) is -4.84. The lowest BCUT2D eigenvalue weighted by Crippen LogP contribution is -2.55. The van der Waals surface area contributed by atoms with E-state index in [2.05, 4.69) is 15.1 Å². The van der Waals surface area contributed by atoms with Gasteiger partial charge >= 0.3 is 16.4 Å². The second-order valence-electron chi connectivity index (χ2n) is 7.19. The van der Waals surface area contributed by atoms with Crippen molar-refractivity contribution in [3.63, 3.8) is 0 Å². The van der Waals surface area contributed by atoms with Gasteiger partial charge in [0.05, 0.1) is 12.1 Å². The van der Waals surface area contributed by atoms with Gasteiger partial charge in [0.1, 0.15) is 6.04 Å². The third-order valence-electron chi connectivity index (χ3n) is 4.90. The Bertz CT molecular complexity index is 661. The van der Waals surface area contributed by atoms with E-state index in [0.717, 1.165) is 13.0 Å². The van der Waals surface area contributed by atoms with Crippen molar-refractivity contribution in [1.82, 2.24) is 20.8 Å². The van der Waals surface area contributed by atoms with Crippen LogP contribution in [0.15, 0.2) is 0 Å². The summed E-state index contributed by atoms with van der Waals surface area (Å²) in [5.41, 5.74) is 1.79. The molecule has 1 unspecified atom stereocenters. The largest absolute Gasteiger partial charge is 0.418 e. The van der Waals surface area contributed by atoms with Crippen LogP contribution in [0.1, 0.15) is 26.7 Å². The fourth-order valence-electron chi connectivity index (χ4n) is 3.53. The van der Waals surface area contributed by atoms with Gasteiger partial charge < -0.3 is 10.2 Å². The molecule has 3 amide bonds. The van der Waals surface area contributed by atoms with Crippen molar-refractivity contribution in [2.45, 2.75) is 44.9 Å². The Labute approximate surface area is 145 Å². The molecule has 0 saturated carbocycles. The van der Waals surface area contributed by atoms with Crippen LogP contribution < -0.4 is 10.8 Å². The summed E-state index contributed by atoms with van der Waals surface area (Å²) in [5, 5.41) is 3.73. The maximum absolute atomic E-state index is 12.5. The fraction of sp³-hybridized carbons (Fsp3) is 0.846. The molecule has 3 aliphatic heterocycles. The zero-order valence-corrected chi connectivity index (χ0v) is 14.8. The standard InChI is InChI=1S/C13H22N4O7S/c1-13(2)5-9(11(18)15-23-8-3-4-14-6-8)16-7-10(13)17(12(16)19)24-25(20,21)22/h8-10,14H,3-7H2,1-2H3,(H,15,18)(H,20,21,22)/t8?,9-,10-/m0/s1. The predicted molar refractivity (Wildman–Crippen MR) is 83.1 cm³/mol. The molecule has 3 saturated heterocycles. The molecule has 2 bridgehead atoms. The maximum atomic E-state index is 12.5. The topological polar surface area (TPSA) is 138 Å². The van der Waals surface area contributed by atoms with E-state index < -0.39 is 39.8 Å². The van der Waals surface area contributed by atoms with Crippen LogP contribution in [0.25, 0.3) is 0 Å². The SMILES string of the molecule is CC1(C)C[C@@H](C(=O)NOC2CCNC2)N2C[C@@H]1N(OS(=O)(=O)O)C2=O. The van der Waals surface area contributed by atoms with Gasteiger partial charge in [0, 0.05) is 13.1 Å². The summed E-state index contributed by atoms with van der Waals surface area (Å²) >= 11 is 0. The normalized spacial score (nSPS) is 31.5. The first-order chi connectivity index (χ1) is 11.6. The van der Waals surface area contributed by atoms with E-state index in [0.29, 0.717) is 18.0 Å². The Hall–Kier alpha value is -1.47. The van der Waals surface area contributed by atoms with E-state index in [1.165, 1.54) is 4.90 Å². The molecule has 11 nitrogen and oxygen atoms in total. The number of nitrogens with zero attached hydrogens (tertiary/aromatic N) is 2. The highest BCUT2D eigenvalue weighted by Gasteiger charge is 2.57. The van der Waals surface area contributed by atoms with Crippen molar-refractivity contribution < 1.29 is 31.7 Å². The monoisotopic (exact) mass is 378 g/mol. The zero-order chi connectivity index (χ0) is 18.4. The number of amides is 3. The van der Waals surface area contributed by atoms with Crippen LogP contribution in [-0.2, 0) is 24.3 Å². The molecule has 0 aromatic carbocycles. The first kappa shape index (κ1) is 18.3. The summed E-state index contributed by atoms with van der Waals surface area (Å²) < 4.78 is 35.4. The second kappa shape index (κ2) is 6.36. The molecule has 3 fully saturated rings. The van der Waals surface area contributed by atoms with Gasteiger partial charge in [-0.15, -0.1) is 4.28 Å². The van der Waals surface area contributed by atoms with Crippen molar-refractivity contribution >= 4 is 22.3 Å². The molecule has 0 spiro atoms. The lowest BCUT2D eigenvalue weighted by Gasteiger charge is -2.40. The molecule has 3 heterocycles. The van der Waals surface area contributed by atoms with Gasteiger partial charge in [-0.2, -0.15) is 13.5 Å². The Balaban J connectivity index is 1.72. The van der Waals surface area contributed by atoms with Gasteiger partial charge in [-0.05, 0) is 24.8 Å². The highest BCUT2D eigenvalue weighted by atomic mass is 32.3. The van der Waals surface area contributed by atoms with Crippen molar-refractivity contribution in [2.75, 3.05) is 19.6 Å². The Kier molecular flexibility index (Phi) is 4.66. The van der Waals surface area contributed by atoms with E-state index in [-0.39, 0.29) is 12.6 Å². The van der Waals surface area contributed by atoms with Crippen LogP contribution >= 0.6 is 0 Å². The third kappa shape index (κ3) is 3.72. The van der Waals surface area contributed by atoms with Crippen LogP contribution in [0.2, 0.25) is 0 Å². The molecule has 0 aromatic rings. The van der Waals surface area contributed by atoms with E-state index in [4.69, 9.17) is 9.39 Å². The molecule has 0 aromatic heterocycles. The van der Waals surface area contributed by atoms with Crippen molar-refractivity contribution in [2.24, 2.45) is 5.41 Å². The van der Waals surface area contributed by atoms with Crippen LogP contribution in [0.5, 0.6) is 0 Å². The predicted octanol–water partition coefficient (Wildman–Crippen LogP) is -0.965. The Morgan fingerprint density at radius 1 is 1.44 bits per heavy atom. The minimum absolute atomic E-state index is 0.116. The average Bonchev–Trinajstić information content (AvgIpc) is 3.10. The van der Waals surface area contributed by atoms with E-state index >= 15 is 0 Å². The lowest BCUT2D eigenvalue weighted by atomic mass is 9.76. The fourth-order valence-corrected chi connectivity index (χ4v) is 3.90. The average molecular weight is 378 g/mol. The van der Waals surface area contributed by atoms with Crippen molar-refractivity contribution in [3.05, 3.63) is 0 Å². The number of rotatable bonds is 5. The lowest BCUT2D eigenvalue weighted by molar-refractivity contribution is -0.144. The molecule has 0 aliphatic carbocycles. The highest BCUT2D eigenvalue weighted by molar-refractivity contribution is 7.80. The van der Waals surface area contributed by atoms with Gasteiger partial charge in [-0.25, -0.2) is 10.3 Å². The third-order valence-corrected chi connectivity index (χ3v) is 5.25. The van der Waals surface area contributed by atoms with Crippen LogP contribution in [0.3, 0.4) is 0 Å². The van der Waals surface area contributed by atoms with E-state index in [1.807, 2.05) is 0 Å². The summed E-state index contributed by atoms with van der Waals surface area (Å²) in [6.07, 6.45) is 0.950. The molecule has 3 N–H and O–H groups in total. The number of fused-ring (bicyclic) bond motifs is 2. The van der Waals surface area contributed by atoms with Crippen molar-refractivity contribution in [1.29, 1.82) is 0 Å². The second-order valence-corrected chi connectivity index (χ2v) is 8.19. The molecular weight excluding hydrogens is 356 g/mol. The van der Waals surface area contributed by atoms with Crippen LogP contribution in [0.4, 0.5) is 4.79 Å². The summed E-state index contributed by atoms with van der Waals surface area (Å²) in [4.78, 5) is 31.5. The smallest absolute Gasteiger partial charge is 0.314 e. The minimum atomic E-state index is -4.84. The van der Waals surface area contributed by atoms with Gasteiger partial charge in [-0.1, -0.05) is 13.8 Å². The number of piperidine rings is 1. The minimum Gasteiger partial charge on any atom is -0.314 e. The summed E-state index contributed by atoms with van der Waals surface area (Å²) in [5.74, 6) is -0.472. The number of carbonyl (C=O) groups is 2.